The van der Waals surface area contributed by atoms with Crippen LogP contribution in [0, 0.1) is 6.92 Å². The number of amides is 1. The highest BCUT2D eigenvalue weighted by molar-refractivity contribution is 7.89. The second kappa shape index (κ2) is 11.4. The van der Waals surface area contributed by atoms with Crippen LogP contribution in [-0.4, -0.2) is 57.6 Å². The lowest BCUT2D eigenvalue weighted by Crippen LogP contribution is -2.45. The molecule has 1 aliphatic rings. The van der Waals surface area contributed by atoms with Gasteiger partial charge in [0.1, 0.15) is 6.04 Å². The molecule has 0 radical (unpaired) electrons. The van der Waals surface area contributed by atoms with Crippen LogP contribution in [-0.2, 0) is 30.8 Å². The summed E-state index contributed by atoms with van der Waals surface area (Å²) in [6.45, 7) is 4.79. The van der Waals surface area contributed by atoms with Crippen molar-refractivity contribution in [2.45, 2.75) is 24.3 Å². The van der Waals surface area contributed by atoms with Gasteiger partial charge in [-0.2, -0.15) is 4.72 Å². The highest BCUT2D eigenvalue weighted by atomic mass is 32.2. The van der Waals surface area contributed by atoms with Crippen molar-refractivity contribution in [3.63, 3.8) is 0 Å². The summed E-state index contributed by atoms with van der Waals surface area (Å²) in [4.78, 5) is 27.4. The van der Waals surface area contributed by atoms with Crippen LogP contribution < -0.4 is 14.9 Å². The average molecular weight is 547 g/mol. The van der Waals surface area contributed by atoms with Crippen molar-refractivity contribution < 1.29 is 22.7 Å². The first-order valence-corrected chi connectivity index (χ1v) is 14.2. The molecule has 0 saturated carbocycles. The summed E-state index contributed by atoms with van der Waals surface area (Å²) < 4.78 is 36.0. The predicted octanol–water partition coefficient (Wildman–Crippen LogP) is 3.35. The Labute approximate surface area is 227 Å². The summed E-state index contributed by atoms with van der Waals surface area (Å²) >= 11 is 0. The van der Waals surface area contributed by atoms with E-state index in [1.165, 1.54) is 16.7 Å². The monoisotopic (exact) mass is 546 g/mol. The second-order valence-electron chi connectivity index (χ2n) is 9.51. The SMILES string of the molecule is Cc1ccc(S(=O)(=O)N[C@@H](Cc2cn(C=O)c3ccccc23)C(=O)Nc2ccc(N3CCOCC3)cc2)cc1. The molecule has 1 amide bonds. The molecule has 5 rings (SSSR count). The highest BCUT2D eigenvalue weighted by Crippen LogP contribution is 2.24. The normalized spacial score (nSPS) is 14.7. The summed E-state index contributed by atoms with van der Waals surface area (Å²) in [5.41, 5.74) is 3.85. The van der Waals surface area contributed by atoms with Crippen LogP contribution in [0.25, 0.3) is 10.9 Å². The minimum Gasteiger partial charge on any atom is -0.378 e. The molecule has 9 nitrogen and oxygen atoms in total. The van der Waals surface area contributed by atoms with Crippen LogP contribution in [0.5, 0.6) is 0 Å². The van der Waals surface area contributed by atoms with Crippen molar-refractivity contribution in [1.82, 2.24) is 9.29 Å². The molecular formula is C29H30N4O5S. The van der Waals surface area contributed by atoms with Crippen molar-refractivity contribution in [1.29, 1.82) is 0 Å². The van der Waals surface area contributed by atoms with Crippen molar-refractivity contribution in [2.75, 3.05) is 36.5 Å². The lowest BCUT2D eigenvalue weighted by molar-refractivity contribution is -0.117. The van der Waals surface area contributed by atoms with Gasteiger partial charge in [0.05, 0.1) is 23.6 Å². The maximum Gasteiger partial charge on any atom is 0.242 e. The fourth-order valence-corrected chi connectivity index (χ4v) is 5.91. The predicted molar refractivity (Wildman–Crippen MR) is 151 cm³/mol. The number of ether oxygens (including phenoxy) is 1. The largest absolute Gasteiger partial charge is 0.378 e. The molecule has 1 aromatic heterocycles. The molecular weight excluding hydrogens is 516 g/mol. The summed E-state index contributed by atoms with van der Waals surface area (Å²) in [7, 11) is -4.01. The first-order valence-electron chi connectivity index (χ1n) is 12.7. The smallest absolute Gasteiger partial charge is 0.242 e. The number of morpholine rings is 1. The lowest BCUT2D eigenvalue weighted by atomic mass is 10.0. The molecule has 1 saturated heterocycles. The standard InChI is InChI=1S/C29H30N4O5S/c1-21-6-12-25(13-7-21)39(36,37)31-27(18-22-19-33(20-34)28-5-3-2-4-26(22)28)29(35)30-23-8-10-24(11-9-23)32-14-16-38-17-15-32/h2-13,19-20,27,31H,14-18H2,1H3,(H,30,35)/t27-/m0/s1. The number of hydrogen-bond donors (Lipinski definition) is 2. The zero-order valence-electron chi connectivity index (χ0n) is 21.5. The van der Waals surface area contributed by atoms with Crippen molar-refractivity contribution >= 4 is 44.6 Å². The molecule has 0 unspecified atom stereocenters. The van der Waals surface area contributed by atoms with E-state index in [1.54, 1.807) is 36.5 Å². The summed E-state index contributed by atoms with van der Waals surface area (Å²) in [5.74, 6) is -0.507. The number of nitrogens with one attached hydrogen (secondary N) is 2. The van der Waals surface area contributed by atoms with Crippen LogP contribution in [0.1, 0.15) is 11.1 Å². The highest BCUT2D eigenvalue weighted by Gasteiger charge is 2.27. The van der Waals surface area contributed by atoms with Gasteiger partial charge in [-0.25, -0.2) is 8.42 Å². The Morgan fingerprint density at radius 1 is 1.00 bits per heavy atom. The zero-order chi connectivity index (χ0) is 27.4. The number of aromatic nitrogens is 1. The molecule has 1 atom stereocenters. The Morgan fingerprint density at radius 2 is 1.69 bits per heavy atom. The van der Waals surface area contributed by atoms with Gasteiger partial charge in [-0.15, -0.1) is 0 Å². The molecule has 10 heteroatoms. The molecule has 0 spiro atoms. The molecule has 39 heavy (non-hydrogen) atoms. The number of rotatable bonds is 9. The number of hydrogen-bond acceptors (Lipinski definition) is 6. The van der Waals surface area contributed by atoms with E-state index in [0.717, 1.165) is 29.7 Å². The van der Waals surface area contributed by atoms with Gasteiger partial charge >= 0.3 is 0 Å². The Kier molecular flexibility index (Phi) is 7.78. The van der Waals surface area contributed by atoms with Gasteiger partial charge < -0.3 is 15.0 Å². The van der Waals surface area contributed by atoms with E-state index in [2.05, 4.69) is 14.9 Å². The molecule has 2 N–H and O–H groups in total. The number of fused-ring (bicyclic) bond motifs is 1. The van der Waals surface area contributed by atoms with Gasteiger partial charge in [-0.05, 0) is 61.4 Å². The summed E-state index contributed by atoms with van der Waals surface area (Å²) in [6, 6.07) is 20.0. The Balaban J connectivity index is 1.42. The number of benzene rings is 3. The number of carbonyl (C=O) groups excluding carboxylic acids is 2. The maximum absolute atomic E-state index is 13.5. The van der Waals surface area contributed by atoms with Crippen LogP contribution in [0.15, 0.2) is 83.9 Å². The number of anilines is 2. The van der Waals surface area contributed by atoms with E-state index in [4.69, 9.17) is 4.74 Å². The number of sulfonamides is 1. The quantitative estimate of drug-likeness (QED) is 0.312. The Bertz CT molecular complexity index is 1570. The van der Waals surface area contributed by atoms with Crippen LogP contribution in [0.2, 0.25) is 0 Å². The number of para-hydroxylation sites is 1. The number of carbonyl (C=O) groups is 2. The van der Waals surface area contributed by atoms with Crippen molar-refractivity contribution in [3.8, 4) is 0 Å². The van der Waals surface area contributed by atoms with E-state index in [9.17, 15) is 18.0 Å². The van der Waals surface area contributed by atoms with E-state index < -0.39 is 22.0 Å². The fourth-order valence-electron chi connectivity index (χ4n) is 4.71. The van der Waals surface area contributed by atoms with Gasteiger partial charge in [0, 0.05) is 36.0 Å². The van der Waals surface area contributed by atoms with Crippen LogP contribution in [0.4, 0.5) is 11.4 Å². The van der Waals surface area contributed by atoms with E-state index >= 15 is 0 Å². The zero-order valence-corrected chi connectivity index (χ0v) is 22.4. The molecule has 1 fully saturated rings. The van der Waals surface area contributed by atoms with Crippen molar-refractivity contribution in [2.24, 2.45) is 0 Å². The molecule has 4 aromatic rings. The van der Waals surface area contributed by atoms with Crippen LogP contribution in [0.3, 0.4) is 0 Å². The second-order valence-corrected chi connectivity index (χ2v) is 11.2. The first-order chi connectivity index (χ1) is 18.8. The number of aryl methyl sites for hydroxylation is 1. The third-order valence-corrected chi connectivity index (χ3v) is 8.30. The molecule has 202 valence electrons. The van der Waals surface area contributed by atoms with Gasteiger partial charge in [0.2, 0.25) is 22.3 Å². The Morgan fingerprint density at radius 3 is 2.38 bits per heavy atom. The summed E-state index contributed by atoms with van der Waals surface area (Å²) in [5, 5.41) is 3.63. The van der Waals surface area contributed by atoms with E-state index in [1.807, 2.05) is 37.3 Å². The Hall–Kier alpha value is -3.99. The number of nitrogens with zero attached hydrogens (tertiary/aromatic N) is 2. The minimum absolute atomic E-state index is 0.0458. The van der Waals surface area contributed by atoms with Gasteiger partial charge in [-0.3, -0.25) is 14.2 Å². The van der Waals surface area contributed by atoms with E-state index in [-0.39, 0.29) is 11.3 Å². The molecule has 1 aliphatic heterocycles. The lowest BCUT2D eigenvalue weighted by Gasteiger charge is -2.29. The molecule has 2 heterocycles. The summed E-state index contributed by atoms with van der Waals surface area (Å²) in [6.07, 6.45) is 2.37. The minimum atomic E-state index is -4.01. The molecule has 3 aromatic carbocycles. The van der Waals surface area contributed by atoms with E-state index in [0.29, 0.717) is 36.4 Å². The fraction of sp³-hybridized carbons (Fsp3) is 0.241. The third-order valence-electron chi connectivity index (χ3n) is 6.82. The first kappa shape index (κ1) is 26.6. The van der Waals surface area contributed by atoms with Gasteiger partial charge in [0.25, 0.3) is 0 Å². The molecule has 0 aliphatic carbocycles. The molecule has 0 bridgehead atoms. The van der Waals surface area contributed by atoms with Crippen LogP contribution >= 0.6 is 0 Å². The van der Waals surface area contributed by atoms with Crippen molar-refractivity contribution in [3.05, 3.63) is 90.1 Å². The average Bonchev–Trinajstić information content (AvgIpc) is 3.31. The maximum atomic E-state index is 13.5. The third kappa shape index (κ3) is 6.03. The topological polar surface area (TPSA) is 110 Å². The van der Waals surface area contributed by atoms with Gasteiger partial charge in [-0.1, -0.05) is 35.9 Å². The van der Waals surface area contributed by atoms with Gasteiger partial charge in [0.15, 0.2) is 0 Å².